The summed E-state index contributed by atoms with van der Waals surface area (Å²) in [5.41, 5.74) is 0. The van der Waals surface area contributed by atoms with E-state index in [1.54, 1.807) is 7.05 Å². The normalized spacial score (nSPS) is 16.1. The standard InChI is InChI=1S/C4H10INO2S/c1-4(5)6(2)9(3,7)8/h4H,1-3H3. The fraction of sp³-hybridized carbons (Fsp3) is 1.00. The fourth-order valence-electron chi connectivity index (χ4n) is 0.264. The van der Waals surface area contributed by atoms with E-state index >= 15 is 0 Å². The number of sulfonamides is 1. The third-order valence-electron chi connectivity index (χ3n) is 1.02. The molecular formula is C4H10INO2S. The van der Waals surface area contributed by atoms with Crippen molar-refractivity contribution in [3.8, 4) is 0 Å². The summed E-state index contributed by atoms with van der Waals surface area (Å²) >= 11 is 2.04. The van der Waals surface area contributed by atoms with E-state index in [0.717, 1.165) is 0 Å². The van der Waals surface area contributed by atoms with Crippen molar-refractivity contribution in [3.63, 3.8) is 0 Å². The number of hydrogen-bond donors (Lipinski definition) is 0. The van der Waals surface area contributed by atoms with Crippen LogP contribution in [0.5, 0.6) is 0 Å². The van der Waals surface area contributed by atoms with Gasteiger partial charge < -0.3 is 0 Å². The molecule has 0 saturated heterocycles. The maximum absolute atomic E-state index is 10.7. The Hall–Kier alpha value is 0.640. The van der Waals surface area contributed by atoms with E-state index in [-0.39, 0.29) is 4.05 Å². The van der Waals surface area contributed by atoms with Crippen LogP contribution in [0.4, 0.5) is 0 Å². The van der Waals surface area contributed by atoms with Crippen LogP contribution in [0.15, 0.2) is 0 Å². The quantitative estimate of drug-likeness (QED) is 0.417. The molecule has 0 radical (unpaired) electrons. The molecule has 0 aromatic rings. The lowest BCUT2D eigenvalue weighted by atomic mass is 10.8. The highest BCUT2D eigenvalue weighted by atomic mass is 127. The van der Waals surface area contributed by atoms with Gasteiger partial charge in [-0.2, -0.15) is 4.31 Å². The smallest absolute Gasteiger partial charge is 0.211 e. The van der Waals surface area contributed by atoms with E-state index in [2.05, 4.69) is 0 Å². The Balaban J connectivity index is 4.24. The molecule has 0 bridgehead atoms. The fourth-order valence-corrected chi connectivity index (χ4v) is 2.03. The summed E-state index contributed by atoms with van der Waals surface area (Å²) in [7, 11) is -1.41. The highest BCUT2D eigenvalue weighted by Crippen LogP contribution is 2.07. The lowest BCUT2D eigenvalue weighted by Crippen LogP contribution is -2.29. The minimum absolute atomic E-state index is 0.0256. The zero-order valence-corrected chi connectivity index (χ0v) is 8.60. The van der Waals surface area contributed by atoms with E-state index in [9.17, 15) is 8.42 Å². The summed E-state index contributed by atoms with van der Waals surface area (Å²) in [5.74, 6) is 0. The Labute approximate surface area is 69.6 Å². The monoisotopic (exact) mass is 263 g/mol. The van der Waals surface area contributed by atoms with Crippen molar-refractivity contribution in [3.05, 3.63) is 0 Å². The number of nitrogens with zero attached hydrogens (tertiary/aromatic N) is 1. The second-order valence-electron chi connectivity index (χ2n) is 1.85. The molecule has 0 aliphatic carbocycles. The highest BCUT2D eigenvalue weighted by molar-refractivity contribution is 14.1. The Kier molecular flexibility index (Phi) is 3.38. The van der Waals surface area contributed by atoms with Crippen molar-refractivity contribution in [2.24, 2.45) is 0 Å². The van der Waals surface area contributed by atoms with E-state index in [0.29, 0.717) is 0 Å². The first-order valence-corrected chi connectivity index (χ1v) is 5.52. The number of hydrogen-bond acceptors (Lipinski definition) is 2. The van der Waals surface area contributed by atoms with Crippen LogP contribution in [0.2, 0.25) is 0 Å². The first-order valence-electron chi connectivity index (χ1n) is 2.43. The predicted octanol–water partition coefficient (Wildman–Crippen LogP) is 0.659. The zero-order chi connectivity index (χ0) is 7.65. The van der Waals surface area contributed by atoms with Gasteiger partial charge in [-0.05, 0) is 6.92 Å². The average molecular weight is 263 g/mol. The Bertz CT molecular complexity index is 175. The topological polar surface area (TPSA) is 37.4 Å². The van der Waals surface area contributed by atoms with Gasteiger partial charge in [0.2, 0.25) is 10.0 Å². The highest BCUT2D eigenvalue weighted by Gasteiger charge is 2.14. The second kappa shape index (κ2) is 3.16. The third kappa shape index (κ3) is 3.36. The summed E-state index contributed by atoms with van der Waals surface area (Å²) in [5, 5.41) is 0. The molecule has 56 valence electrons. The van der Waals surface area contributed by atoms with Crippen molar-refractivity contribution in [1.29, 1.82) is 0 Å². The summed E-state index contributed by atoms with van der Waals surface area (Å²) in [6, 6.07) is 0. The molecule has 0 aromatic carbocycles. The van der Waals surface area contributed by atoms with E-state index in [4.69, 9.17) is 0 Å². The van der Waals surface area contributed by atoms with Crippen LogP contribution < -0.4 is 0 Å². The van der Waals surface area contributed by atoms with Gasteiger partial charge in [0, 0.05) is 7.05 Å². The van der Waals surface area contributed by atoms with Crippen molar-refractivity contribution in [2.75, 3.05) is 13.3 Å². The lowest BCUT2D eigenvalue weighted by Gasteiger charge is -2.15. The van der Waals surface area contributed by atoms with Crippen molar-refractivity contribution in [1.82, 2.24) is 4.31 Å². The Morgan fingerprint density at radius 3 is 1.89 bits per heavy atom. The SMILES string of the molecule is CC(I)N(C)S(C)(=O)=O. The molecule has 1 unspecified atom stereocenters. The maximum atomic E-state index is 10.7. The van der Waals surface area contributed by atoms with Gasteiger partial charge >= 0.3 is 0 Å². The molecule has 5 heteroatoms. The Morgan fingerprint density at radius 1 is 1.56 bits per heavy atom. The van der Waals surface area contributed by atoms with Gasteiger partial charge in [0.15, 0.2) is 0 Å². The van der Waals surface area contributed by atoms with Gasteiger partial charge in [0.05, 0.1) is 10.3 Å². The predicted molar refractivity (Wildman–Crippen MR) is 46.1 cm³/mol. The van der Waals surface area contributed by atoms with E-state index in [1.807, 2.05) is 29.5 Å². The first kappa shape index (κ1) is 9.64. The second-order valence-corrected chi connectivity index (χ2v) is 5.70. The number of rotatable bonds is 2. The lowest BCUT2D eigenvalue weighted by molar-refractivity contribution is 0.482. The molecule has 1 atom stereocenters. The van der Waals surface area contributed by atoms with Crippen LogP contribution in [0, 0.1) is 0 Å². The molecule has 9 heavy (non-hydrogen) atoms. The first-order chi connectivity index (χ1) is 3.85. The molecule has 0 fully saturated rings. The minimum atomic E-state index is -2.98. The number of alkyl halides is 1. The van der Waals surface area contributed by atoms with E-state index in [1.165, 1.54) is 10.6 Å². The summed E-state index contributed by atoms with van der Waals surface area (Å²) < 4.78 is 22.7. The molecule has 0 aromatic heterocycles. The van der Waals surface area contributed by atoms with Crippen LogP contribution in [0.3, 0.4) is 0 Å². The summed E-state index contributed by atoms with van der Waals surface area (Å²) in [6.45, 7) is 1.82. The molecule has 0 spiro atoms. The summed E-state index contributed by atoms with van der Waals surface area (Å²) in [6.07, 6.45) is 1.20. The van der Waals surface area contributed by atoms with Crippen LogP contribution in [0.1, 0.15) is 6.92 Å². The largest absolute Gasteiger partial charge is 0.212 e. The van der Waals surface area contributed by atoms with Crippen molar-refractivity contribution >= 4 is 32.6 Å². The maximum Gasteiger partial charge on any atom is 0.211 e. The van der Waals surface area contributed by atoms with Gasteiger partial charge in [0.25, 0.3) is 0 Å². The van der Waals surface area contributed by atoms with Gasteiger partial charge in [-0.25, -0.2) is 8.42 Å². The minimum Gasteiger partial charge on any atom is -0.212 e. The van der Waals surface area contributed by atoms with Crippen LogP contribution in [-0.4, -0.2) is 30.1 Å². The average Bonchev–Trinajstić information content (AvgIpc) is 1.62. The van der Waals surface area contributed by atoms with Gasteiger partial charge in [-0.1, -0.05) is 22.6 Å². The van der Waals surface area contributed by atoms with Crippen molar-refractivity contribution in [2.45, 2.75) is 11.0 Å². The molecule has 0 amide bonds. The van der Waals surface area contributed by atoms with Crippen molar-refractivity contribution < 1.29 is 8.42 Å². The van der Waals surface area contributed by atoms with E-state index < -0.39 is 10.0 Å². The molecule has 0 rings (SSSR count). The number of halogens is 1. The van der Waals surface area contributed by atoms with Crippen LogP contribution in [-0.2, 0) is 10.0 Å². The molecule has 0 N–H and O–H groups in total. The molecule has 0 aliphatic rings. The molecule has 0 saturated carbocycles. The van der Waals surface area contributed by atoms with Gasteiger partial charge in [0.1, 0.15) is 0 Å². The van der Waals surface area contributed by atoms with Crippen LogP contribution >= 0.6 is 22.6 Å². The zero-order valence-electron chi connectivity index (χ0n) is 5.63. The third-order valence-corrected chi connectivity index (χ3v) is 3.60. The summed E-state index contributed by atoms with van der Waals surface area (Å²) in [4.78, 5) is 0. The molecule has 0 heterocycles. The van der Waals surface area contributed by atoms with Crippen LogP contribution in [0.25, 0.3) is 0 Å². The Morgan fingerprint density at radius 2 is 1.89 bits per heavy atom. The van der Waals surface area contributed by atoms with Gasteiger partial charge in [-0.3, -0.25) is 0 Å². The molecule has 0 aliphatic heterocycles. The molecular weight excluding hydrogens is 253 g/mol. The van der Waals surface area contributed by atoms with Gasteiger partial charge in [-0.15, -0.1) is 0 Å². The molecule has 3 nitrogen and oxygen atoms in total.